The lowest BCUT2D eigenvalue weighted by atomic mass is 9.83. The number of sulfonamides is 1. The minimum atomic E-state index is -3.93. The zero-order valence-corrected chi connectivity index (χ0v) is 15.3. The summed E-state index contributed by atoms with van der Waals surface area (Å²) in [6.07, 6.45) is 1.44. The van der Waals surface area contributed by atoms with Crippen LogP contribution in [0.15, 0.2) is 51.3 Å². The Morgan fingerprint density at radius 1 is 1.22 bits per heavy atom. The van der Waals surface area contributed by atoms with Gasteiger partial charge in [-0.3, -0.25) is 4.79 Å². The van der Waals surface area contributed by atoms with Crippen molar-refractivity contribution in [3.05, 3.63) is 42.0 Å². The van der Waals surface area contributed by atoms with Gasteiger partial charge in [-0.25, -0.2) is 0 Å². The summed E-state index contributed by atoms with van der Waals surface area (Å²) in [5.41, 5.74) is 0.497. The molecule has 0 saturated heterocycles. The van der Waals surface area contributed by atoms with Crippen molar-refractivity contribution in [2.24, 2.45) is 10.3 Å². The summed E-state index contributed by atoms with van der Waals surface area (Å²) in [5.74, 6) is -0.406. The Morgan fingerprint density at radius 2 is 1.78 bits per heavy atom. The molecule has 0 radical (unpaired) electrons. The summed E-state index contributed by atoms with van der Waals surface area (Å²) in [6.45, 7) is 5.15. The number of Topliss-reactive ketones (excluding diaryl/α,β-unsaturated/α-hetero) is 1. The summed E-state index contributed by atoms with van der Waals surface area (Å²) in [5, 5.41) is -1.07. The minimum Gasteiger partial charge on any atom is -0.293 e. The van der Waals surface area contributed by atoms with Crippen molar-refractivity contribution in [1.29, 1.82) is 0 Å². The maximum atomic E-state index is 12.4. The molecule has 0 aromatic heterocycles. The molecule has 7 heteroatoms. The second-order valence-electron chi connectivity index (χ2n) is 5.82. The molecule has 1 aliphatic carbocycles. The van der Waals surface area contributed by atoms with E-state index in [2.05, 4.69) is 4.40 Å². The molecule has 2 rings (SSSR count). The average Bonchev–Trinajstić information content (AvgIpc) is 2.49. The molecule has 0 spiro atoms. The Kier molecular flexibility index (Phi) is 5.04. The Balaban J connectivity index is 2.61. The molecule has 1 aromatic rings. The largest absolute Gasteiger partial charge is 0.293 e. The summed E-state index contributed by atoms with van der Waals surface area (Å²) in [4.78, 5) is 10.9. The number of nitrogens with zero attached hydrogens (tertiary/aromatic N) is 1. The van der Waals surface area contributed by atoms with E-state index in [-0.39, 0.29) is 22.3 Å². The van der Waals surface area contributed by atoms with Crippen LogP contribution in [0.1, 0.15) is 20.8 Å². The predicted octanol–water partition coefficient (Wildman–Crippen LogP) is 3.59. The zero-order chi connectivity index (χ0) is 17.4. The highest BCUT2D eigenvalue weighted by Gasteiger charge is 2.45. The minimum absolute atomic E-state index is 0.0579. The van der Waals surface area contributed by atoms with Crippen molar-refractivity contribution in [2.45, 2.75) is 35.9 Å². The fourth-order valence-electron chi connectivity index (χ4n) is 2.22. The number of alkyl halides is 2. The first-order chi connectivity index (χ1) is 10.6. The quantitative estimate of drug-likeness (QED) is 0.760. The maximum Gasteiger partial charge on any atom is 0.282 e. The first-order valence-corrected chi connectivity index (χ1v) is 9.32. The van der Waals surface area contributed by atoms with E-state index in [1.807, 2.05) is 13.8 Å². The Bertz CT molecular complexity index is 781. The van der Waals surface area contributed by atoms with Crippen LogP contribution >= 0.6 is 23.2 Å². The van der Waals surface area contributed by atoms with Crippen LogP contribution in [0.3, 0.4) is 0 Å². The van der Waals surface area contributed by atoms with Gasteiger partial charge >= 0.3 is 0 Å². The van der Waals surface area contributed by atoms with E-state index in [4.69, 9.17) is 23.2 Å². The van der Waals surface area contributed by atoms with Gasteiger partial charge in [0.15, 0.2) is 5.78 Å². The number of halogens is 2. The van der Waals surface area contributed by atoms with Crippen LogP contribution in [0.5, 0.6) is 0 Å². The second kappa shape index (κ2) is 6.38. The standard InChI is InChI=1S/C16H17Cl2NO3S/c1-10(2)12-9-13(16(3,18)15(17)14(12)20)19-23(21,22)11-7-5-4-6-8-11/h4-10,15H,1-3H3. The molecule has 2 atom stereocenters. The van der Waals surface area contributed by atoms with Gasteiger partial charge in [0.2, 0.25) is 0 Å². The number of carbonyl (C=O) groups excluding carboxylic acids is 1. The molecular weight excluding hydrogens is 357 g/mol. The summed E-state index contributed by atoms with van der Waals surface area (Å²) < 4.78 is 28.8. The summed E-state index contributed by atoms with van der Waals surface area (Å²) in [7, 11) is -3.93. The van der Waals surface area contributed by atoms with E-state index in [1.54, 1.807) is 18.2 Å². The smallest absolute Gasteiger partial charge is 0.282 e. The lowest BCUT2D eigenvalue weighted by Gasteiger charge is -2.32. The van der Waals surface area contributed by atoms with E-state index in [1.165, 1.54) is 25.1 Å². The molecule has 0 bridgehead atoms. The van der Waals surface area contributed by atoms with E-state index in [0.29, 0.717) is 5.57 Å². The highest BCUT2D eigenvalue weighted by molar-refractivity contribution is 7.90. The van der Waals surface area contributed by atoms with Crippen LogP contribution in [0.2, 0.25) is 0 Å². The number of ketones is 1. The molecule has 0 heterocycles. The molecule has 2 unspecified atom stereocenters. The Labute approximate surface area is 146 Å². The fourth-order valence-corrected chi connectivity index (χ4v) is 3.81. The highest BCUT2D eigenvalue weighted by Crippen LogP contribution is 2.36. The van der Waals surface area contributed by atoms with E-state index >= 15 is 0 Å². The first kappa shape index (κ1) is 18.2. The average molecular weight is 374 g/mol. The van der Waals surface area contributed by atoms with Crippen LogP contribution in [-0.2, 0) is 14.8 Å². The van der Waals surface area contributed by atoms with Gasteiger partial charge in [-0.15, -0.1) is 23.2 Å². The number of rotatable bonds is 3. The Morgan fingerprint density at radius 3 is 2.30 bits per heavy atom. The third kappa shape index (κ3) is 3.52. The molecule has 0 N–H and O–H groups in total. The molecule has 124 valence electrons. The van der Waals surface area contributed by atoms with Gasteiger partial charge in [0, 0.05) is 5.57 Å². The van der Waals surface area contributed by atoms with Crippen molar-refractivity contribution in [3.63, 3.8) is 0 Å². The molecule has 1 aliphatic rings. The predicted molar refractivity (Wildman–Crippen MR) is 92.9 cm³/mol. The highest BCUT2D eigenvalue weighted by atomic mass is 35.5. The second-order valence-corrected chi connectivity index (χ2v) is 8.65. The maximum absolute atomic E-state index is 12.4. The summed E-state index contributed by atoms with van der Waals surface area (Å²) >= 11 is 12.5. The zero-order valence-electron chi connectivity index (χ0n) is 13.0. The molecule has 4 nitrogen and oxygen atoms in total. The summed E-state index contributed by atoms with van der Waals surface area (Å²) in [6, 6.07) is 7.82. The molecule has 0 saturated carbocycles. The fraction of sp³-hybridized carbons (Fsp3) is 0.375. The Hall–Kier alpha value is -1.17. The van der Waals surface area contributed by atoms with E-state index in [9.17, 15) is 13.2 Å². The third-order valence-electron chi connectivity index (χ3n) is 3.67. The number of allylic oxidation sites excluding steroid dienone is 2. The van der Waals surface area contributed by atoms with Crippen molar-refractivity contribution in [3.8, 4) is 0 Å². The first-order valence-electron chi connectivity index (χ1n) is 7.06. The van der Waals surface area contributed by atoms with Gasteiger partial charge in [0.25, 0.3) is 10.0 Å². The molecular formula is C16H17Cl2NO3S. The SMILES string of the molecule is CC(C)C1=CC(=NS(=O)(=O)c2ccccc2)C(C)(Cl)C(Cl)C1=O. The van der Waals surface area contributed by atoms with Crippen molar-refractivity contribution in [1.82, 2.24) is 0 Å². The van der Waals surface area contributed by atoms with Gasteiger partial charge in [-0.05, 0) is 31.1 Å². The third-order valence-corrected chi connectivity index (χ3v) is 6.13. The number of hydrogen-bond donors (Lipinski definition) is 0. The van der Waals surface area contributed by atoms with Gasteiger partial charge in [0.05, 0.1) is 10.6 Å². The van der Waals surface area contributed by atoms with Crippen LogP contribution in [0, 0.1) is 5.92 Å². The van der Waals surface area contributed by atoms with Gasteiger partial charge < -0.3 is 0 Å². The van der Waals surface area contributed by atoms with Gasteiger partial charge in [-0.1, -0.05) is 32.0 Å². The van der Waals surface area contributed by atoms with Gasteiger partial charge in [0.1, 0.15) is 10.3 Å². The lowest BCUT2D eigenvalue weighted by molar-refractivity contribution is -0.116. The van der Waals surface area contributed by atoms with Crippen LogP contribution in [0.4, 0.5) is 0 Å². The van der Waals surface area contributed by atoms with Crippen LogP contribution in [-0.4, -0.2) is 30.2 Å². The number of carbonyl (C=O) groups is 1. The monoisotopic (exact) mass is 373 g/mol. The molecule has 0 aliphatic heterocycles. The van der Waals surface area contributed by atoms with Crippen molar-refractivity contribution >= 4 is 44.7 Å². The van der Waals surface area contributed by atoms with Crippen molar-refractivity contribution in [2.75, 3.05) is 0 Å². The number of hydrogen-bond acceptors (Lipinski definition) is 3. The van der Waals surface area contributed by atoms with E-state index < -0.39 is 20.3 Å². The molecule has 0 amide bonds. The molecule has 1 aromatic carbocycles. The lowest BCUT2D eigenvalue weighted by Crippen LogP contribution is -2.47. The van der Waals surface area contributed by atoms with Crippen molar-refractivity contribution < 1.29 is 13.2 Å². The van der Waals surface area contributed by atoms with Gasteiger partial charge in [-0.2, -0.15) is 12.8 Å². The normalized spacial score (nSPS) is 27.4. The molecule has 0 fully saturated rings. The van der Waals surface area contributed by atoms with Crippen LogP contribution < -0.4 is 0 Å². The topological polar surface area (TPSA) is 63.6 Å². The van der Waals surface area contributed by atoms with Crippen LogP contribution in [0.25, 0.3) is 0 Å². The number of benzene rings is 1. The molecule has 23 heavy (non-hydrogen) atoms. The van der Waals surface area contributed by atoms with E-state index in [0.717, 1.165) is 0 Å².